The first-order chi connectivity index (χ1) is 17.8. The fourth-order valence-electron chi connectivity index (χ4n) is 5.63. The zero-order valence-electron chi connectivity index (χ0n) is 19.3. The Hall–Kier alpha value is -4.47. The second-order valence-electron chi connectivity index (χ2n) is 9.27. The minimum Gasteiger partial charge on any atom is -0.309 e. The fraction of sp³-hybridized carbons (Fsp3) is 0. The van der Waals surface area contributed by atoms with Gasteiger partial charge in [-0.15, -0.1) is 11.3 Å². The van der Waals surface area contributed by atoms with Gasteiger partial charge in [0.1, 0.15) is 0 Å². The van der Waals surface area contributed by atoms with Gasteiger partial charge in [0.2, 0.25) is 0 Å². The Balaban J connectivity index is 1.53. The SMILES string of the molecule is c1ccc(-c2cc(-n3c4ccccc4c4cc5sc6ccccc6c5cc43)cc3ccncc23)cc1. The zero-order valence-corrected chi connectivity index (χ0v) is 20.2. The summed E-state index contributed by atoms with van der Waals surface area (Å²) < 4.78 is 5.10. The van der Waals surface area contributed by atoms with E-state index in [1.54, 1.807) is 0 Å². The predicted molar refractivity (Wildman–Crippen MR) is 154 cm³/mol. The molecule has 8 rings (SSSR count). The van der Waals surface area contributed by atoms with Crippen molar-refractivity contribution >= 4 is 64.1 Å². The topological polar surface area (TPSA) is 17.8 Å². The van der Waals surface area contributed by atoms with E-state index in [9.17, 15) is 0 Å². The minimum atomic E-state index is 1.16. The van der Waals surface area contributed by atoms with Crippen LogP contribution in [0.2, 0.25) is 0 Å². The van der Waals surface area contributed by atoms with Crippen molar-refractivity contribution in [2.24, 2.45) is 0 Å². The van der Waals surface area contributed by atoms with E-state index in [4.69, 9.17) is 0 Å². The molecule has 0 atom stereocenters. The molecule has 3 heterocycles. The van der Waals surface area contributed by atoms with Crippen LogP contribution in [0, 0.1) is 0 Å². The van der Waals surface area contributed by atoms with E-state index >= 15 is 0 Å². The molecule has 0 unspecified atom stereocenters. The van der Waals surface area contributed by atoms with E-state index in [1.165, 1.54) is 63.9 Å². The molecule has 0 saturated carbocycles. The Labute approximate surface area is 211 Å². The smallest absolute Gasteiger partial charge is 0.0548 e. The first-order valence-electron chi connectivity index (χ1n) is 12.1. The van der Waals surface area contributed by atoms with Gasteiger partial charge in [-0.2, -0.15) is 0 Å². The normalized spacial score (nSPS) is 11.9. The molecule has 3 aromatic heterocycles. The quantitative estimate of drug-likeness (QED) is 0.243. The largest absolute Gasteiger partial charge is 0.309 e. The highest BCUT2D eigenvalue weighted by molar-refractivity contribution is 7.25. The van der Waals surface area contributed by atoms with E-state index in [0.717, 1.165) is 5.69 Å². The lowest BCUT2D eigenvalue weighted by molar-refractivity contribution is 1.19. The third kappa shape index (κ3) is 2.81. The number of aromatic nitrogens is 2. The summed E-state index contributed by atoms with van der Waals surface area (Å²) in [6, 6.07) is 39.6. The van der Waals surface area contributed by atoms with E-state index in [2.05, 4.69) is 119 Å². The standard InChI is InChI=1S/C33H20N2S/c1-2-8-21(9-3-1)26-17-23(16-22-14-15-34-20-29(22)26)35-30-12-6-4-10-24(30)27-19-33-28(18-31(27)35)25-11-5-7-13-32(25)36-33/h1-20H. The molecular weight excluding hydrogens is 456 g/mol. The van der Waals surface area contributed by atoms with Crippen molar-refractivity contribution < 1.29 is 0 Å². The van der Waals surface area contributed by atoms with E-state index in [1.807, 2.05) is 23.7 Å². The molecule has 0 bridgehead atoms. The Kier molecular flexibility index (Phi) is 4.13. The summed E-state index contributed by atoms with van der Waals surface area (Å²) in [5.41, 5.74) is 6.02. The van der Waals surface area contributed by atoms with Crippen LogP contribution < -0.4 is 0 Å². The molecule has 0 fully saturated rings. The third-order valence-electron chi connectivity index (χ3n) is 7.25. The first kappa shape index (κ1) is 19.8. The number of hydrogen-bond acceptors (Lipinski definition) is 2. The second kappa shape index (κ2) is 7.51. The molecule has 0 aliphatic carbocycles. The Morgan fingerprint density at radius 3 is 2.28 bits per heavy atom. The van der Waals surface area contributed by atoms with Crippen LogP contribution in [0.25, 0.3) is 69.6 Å². The fourth-order valence-corrected chi connectivity index (χ4v) is 6.76. The summed E-state index contributed by atoms with van der Waals surface area (Å²) in [6.45, 7) is 0. The number of para-hydroxylation sites is 1. The molecular formula is C33H20N2S. The summed E-state index contributed by atoms with van der Waals surface area (Å²) in [7, 11) is 0. The predicted octanol–water partition coefficient (Wildman–Crippen LogP) is 9.37. The summed E-state index contributed by atoms with van der Waals surface area (Å²) in [5, 5.41) is 7.57. The molecule has 0 radical (unpaired) electrons. The molecule has 2 nitrogen and oxygen atoms in total. The molecule has 5 aromatic carbocycles. The average Bonchev–Trinajstić information content (AvgIpc) is 3.46. The van der Waals surface area contributed by atoms with Gasteiger partial charge in [-0.3, -0.25) is 4.98 Å². The number of benzene rings is 5. The van der Waals surface area contributed by atoms with Crippen LogP contribution in [-0.4, -0.2) is 9.55 Å². The van der Waals surface area contributed by atoms with Crippen molar-refractivity contribution in [3.8, 4) is 16.8 Å². The van der Waals surface area contributed by atoms with Crippen LogP contribution in [0.5, 0.6) is 0 Å². The number of hydrogen-bond donors (Lipinski definition) is 0. The summed E-state index contributed by atoms with van der Waals surface area (Å²) in [4.78, 5) is 4.44. The van der Waals surface area contributed by atoms with Gasteiger partial charge < -0.3 is 4.57 Å². The maximum absolute atomic E-state index is 4.44. The van der Waals surface area contributed by atoms with E-state index in [0.29, 0.717) is 0 Å². The molecule has 3 heteroatoms. The monoisotopic (exact) mass is 476 g/mol. The molecule has 0 aliphatic rings. The molecule has 0 aliphatic heterocycles. The minimum absolute atomic E-state index is 1.16. The van der Waals surface area contributed by atoms with Crippen LogP contribution in [0.4, 0.5) is 0 Å². The van der Waals surface area contributed by atoms with Gasteiger partial charge in [-0.1, -0.05) is 66.7 Å². The van der Waals surface area contributed by atoms with Gasteiger partial charge in [0, 0.05) is 54.4 Å². The van der Waals surface area contributed by atoms with Gasteiger partial charge in [-0.25, -0.2) is 0 Å². The number of thiophene rings is 1. The first-order valence-corrected chi connectivity index (χ1v) is 12.9. The Morgan fingerprint density at radius 1 is 0.556 bits per heavy atom. The highest BCUT2D eigenvalue weighted by Crippen LogP contribution is 2.41. The molecule has 0 amide bonds. The van der Waals surface area contributed by atoms with Gasteiger partial charge in [-0.05, 0) is 59.0 Å². The van der Waals surface area contributed by atoms with Crippen molar-refractivity contribution in [3.05, 3.63) is 122 Å². The van der Waals surface area contributed by atoms with Gasteiger partial charge in [0.15, 0.2) is 0 Å². The second-order valence-corrected chi connectivity index (χ2v) is 10.4. The maximum atomic E-state index is 4.44. The van der Waals surface area contributed by atoms with E-state index < -0.39 is 0 Å². The Bertz CT molecular complexity index is 2100. The molecule has 8 aromatic rings. The van der Waals surface area contributed by atoms with Crippen LogP contribution in [-0.2, 0) is 0 Å². The molecule has 36 heavy (non-hydrogen) atoms. The van der Waals surface area contributed by atoms with Gasteiger partial charge >= 0.3 is 0 Å². The zero-order chi connectivity index (χ0) is 23.6. The molecule has 0 saturated heterocycles. The Morgan fingerprint density at radius 2 is 1.36 bits per heavy atom. The van der Waals surface area contributed by atoms with Crippen LogP contribution in [0.1, 0.15) is 0 Å². The maximum Gasteiger partial charge on any atom is 0.0548 e. The molecule has 0 N–H and O–H groups in total. The lowest BCUT2D eigenvalue weighted by Gasteiger charge is -2.14. The van der Waals surface area contributed by atoms with Crippen molar-refractivity contribution in [1.82, 2.24) is 9.55 Å². The number of fused-ring (bicyclic) bond motifs is 7. The lowest BCUT2D eigenvalue weighted by atomic mass is 9.98. The molecule has 168 valence electrons. The average molecular weight is 477 g/mol. The van der Waals surface area contributed by atoms with Crippen LogP contribution in [0.15, 0.2) is 122 Å². The number of pyridine rings is 1. The highest BCUT2D eigenvalue weighted by atomic mass is 32.1. The van der Waals surface area contributed by atoms with Crippen molar-refractivity contribution in [1.29, 1.82) is 0 Å². The van der Waals surface area contributed by atoms with Gasteiger partial charge in [0.25, 0.3) is 0 Å². The van der Waals surface area contributed by atoms with Crippen molar-refractivity contribution in [2.45, 2.75) is 0 Å². The summed E-state index contributed by atoms with van der Waals surface area (Å²) in [5.74, 6) is 0. The number of nitrogens with zero attached hydrogens (tertiary/aromatic N) is 2. The van der Waals surface area contributed by atoms with Crippen LogP contribution in [0.3, 0.4) is 0 Å². The summed E-state index contributed by atoms with van der Waals surface area (Å²) in [6.07, 6.45) is 3.86. The van der Waals surface area contributed by atoms with Gasteiger partial charge in [0.05, 0.1) is 11.0 Å². The third-order valence-corrected chi connectivity index (χ3v) is 8.39. The highest BCUT2D eigenvalue weighted by Gasteiger charge is 2.17. The van der Waals surface area contributed by atoms with Crippen molar-refractivity contribution in [3.63, 3.8) is 0 Å². The molecule has 0 spiro atoms. The summed E-state index contributed by atoms with van der Waals surface area (Å²) >= 11 is 1.88. The number of rotatable bonds is 2. The van der Waals surface area contributed by atoms with Crippen molar-refractivity contribution in [2.75, 3.05) is 0 Å². The van der Waals surface area contributed by atoms with E-state index in [-0.39, 0.29) is 0 Å². The lowest BCUT2D eigenvalue weighted by Crippen LogP contribution is -1.96. The van der Waals surface area contributed by atoms with Crippen LogP contribution >= 0.6 is 11.3 Å².